The lowest BCUT2D eigenvalue weighted by molar-refractivity contribution is -0.186. The molecule has 0 bridgehead atoms. The molecular formula is C24H21F2N5O4S. The number of hydrogen-bond acceptors (Lipinski definition) is 9. The summed E-state index contributed by atoms with van der Waals surface area (Å²) in [7, 11) is 1.41. The average molecular weight is 514 g/mol. The zero-order valence-corrected chi connectivity index (χ0v) is 20.0. The molecule has 2 N–H and O–H groups in total. The number of rotatable bonds is 6. The Morgan fingerprint density at radius 3 is 2.64 bits per heavy atom. The molecule has 0 aliphatic carbocycles. The summed E-state index contributed by atoms with van der Waals surface area (Å²) in [6.45, 7) is 0.807. The molecule has 2 aromatic heterocycles. The van der Waals surface area contributed by atoms with Crippen molar-refractivity contribution >= 4 is 11.8 Å². The lowest BCUT2D eigenvalue weighted by Crippen LogP contribution is -2.55. The second kappa shape index (κ2) is 10.7. The lowest BCUT2D eigenvalue weighted by Gasteiger charge is -2.43. The fourth-order valence-electron chi connectivity index (χ4n) is 3.88. The molecule has 12 heteroatoms. The van der Waals surface area contributed by atoms with E-state index in [0.29, 0.717) is 10.5 Å². The lowest BCUT2D eigenvalue weighted by atomic mass is 9.97. The first-order chi connectivity index (χ1) is 17.3. The summed E-state index contributed by atoms with van der Waals surface area (Å²) in [4.78, 5) is 4.49. The van der Waals surface area contributed by atoms with Gasteiger partial charge in [0, 0.05) is 34.9 Å². The number of thioether (sulfide) groups is 1. The topological polar surface area (TPSA) is 126 Å². The zero-order chi connectivity index (χ0) is 26.0. The Morgan fingerprint density at radius 1 is 1.31 bits per heavy atom. The first kappa shape index (κ1) is 25.7. The standard InChI is InChI=1S/C24H21F2N5O4S/c1-4-13-5-20(17(8-27)28-9-13)36-24-23(34-3)21(22(33)19(11-32)35-24)31-10-18(29-30-31)14-6-15(25)12(2)16(26)7-14/h1,5-7,9-10,19,21-24,32-33H,11H2,2-3H3/t19?,21?,22-,23?,24+/m0/s1. The van der Waals surface area contributed by atoms with Gasteiger partial charge in [0.2, 0.25) is 0 Å². The Morgan fingerprint density at radius 2 is 2.03 bits per heavy atom. The number of nitrogens with zero attached hydrogens (tertiary/aromatic N) is 5. The van der Waals surface area contributed by atoms with E-state index in [1.807, 2.05) is 6.07 Å². The largest absolute Gasteiger partial charge is 0.394 e. The first-order valence-corrected chi connectivity index (χ1v) is 11.6. The molecule has 186 valence electrons. The smallest absolute Gasteiger partial charge is 0.154 e. The second-order valence-corrected chi connectivity index (χ2v) is 9.14. The third-order valence-electron chi connectivity index (χ3n) is 5.86. The average Bonchev–Trinajstić information content (AvgIpc) is 3.37. The van der Waals surface area contributed by atoms with Crippen LogP contribution in [0.3, 0.4) is 0 Å². The van der Waals surface area contributed by atoms with E-state index in [2.05, 4.69) is 21.2 Å². The summed E-state index contributed by atoms with van der Waals surface area (Å²) < 4.78 is 41.1. The summed E-state index contributed by atoms with van der Waals surface area (Å²) in [6.07, 6.45) is 5.13. The zero-order valence-electron chi connectivity index (χ0n) is 19.2. The number of aromatic nitrogens is 4. The van der Waals surface area contributed by atoms with Crippen LogP contribution in [0.25, 0.3) is 11.3 Å². The van der Waals surface area contributed by atoms with Crippen molar-refractivity contribution in [2.45, 2.75) is 41.6 Å². The highest BCUT2D eigenvalue weighted by molar-refractivity contribution is 7.99. The van der Waals surface area contributed by atoms with E-state index in [1.54, 1.807) is 6.07 Å². The van der Waals surface area contributed by atoms with Gasteiger partial charge in [-0.15, -0.1) is 11.5 Å². The summed E-state index contributed by atoms with van der Waals surface area (Å²) in [5.41, 5.74) is -0.0376. The summed E-state index contributed by atoms with van der Waals surface area (Å²) in [5, 5.41) is 38.4. The van der Waals surface area contributed by atoms with Gasteiger partial charge in [0.1, 0.15) is 53.2 Å². The minimum Gasteiger partial charge on any atom is -0.394 e. The van der Waals surface area contributed by atoms with Crippen LogP contribution in [0, 0.1) is 42.2 Å². The van der Waals surface area contributed by atoms with Crippen LogP contribution in [0.15, 0.2) is 35.5 Å². The SMILES string of the molecule is C#Cc1cnc(C#N)c(S[C@H]2OC(CO)[C@H](O)C(n3cc(-c4cc(F)c(C)c(F)c4)nn3)C2OC)c1. The van der Waals surface area contributed by atoms with Crippen LogP contribution < -0.4 is 0 Å². The maximum atomic E-state index is 14.1. The molecular weight excluding hydrogens is 492 g/mol. The summed E-state index contributed by atoms with van der Waals surface area (Å²) in [5.74, 6) is 1.00. The van der Waals surface area contributed by atoms with Gasteiger partial charge in [-0.2, -0.15) is 5.26 Å². The Labute approximate surface area is 209 Å². The molecule has 0 amide bonds. The number of benzene rings is 1. The minimum absolute atomic E-state index is 0.115. The van der Waals surface area contributed by atoms with Gasteiger partial charge in [-0.3, -0.25) is 0 Å². The molecule has 5 atom stereocenters. The highest BCUT2D eigenvalue weighted by atomic mass is 32.2. The van der Waals surface area contributed by atoms with Crippen molar-refractivity contribution in [3.05, 3.63) is 59.0 Å². The molecule has 36 heavy (non-hydrogen) atoms. The molecule has 3 heterocycles. The van der Waals surface area contributed by atoms with Gasteiger partial charge in [-0.1, -0.05) is 22.9 Å². The van der Waals surface area contributed by atoms with Crippen molar-refractivity contribution in [1.29, 1.82) is 5.26 Å². The predicted molar refractivity (Wildman–Crippen MR) is 124 cm³/mol. The fourth-order valence-corrected chi connectivity index (χ4v) is 5.14. The Balaban J connectivity index is 1.70. The number of pyridine rings is 1. The number of aliphatic hydroxyl groups excluding tert-OH is 2. The number of hydrogen-bond donors (Lipinski definition) is 2. The quantitative estimate of drug-likeness (QED) is 0.477. The van der Waals surface area contributed by atoms with Gasteiger partial charge in [0.15, 0.2) is 5.69 Å². The molecule has 0 spiro atoms. The molecule has 1 aliphatic rings. The van der Waals surface area contributed by atoms with Crippen molar-refractivity contribution < 1.29 is 28.5 Å². The van der Waals surface area contributed by atoms with E-state index < -0.39 is 48.0 Å². The molecule has 1 aromatic carbocycles. The second-order valence-electron chi connectivity index (χ2n) is 8.00. The van der Waals surface area contributed by atoms with E-state index in [9.17, 15) is 24.3 Å². The van der Waals surface area contributed by atoms with Crippen LogP contribution in [0.4, 0.5) is 8.78 Å². The third kappa shape index (κ3) is 4.82. The van der Waals surface area contributed by atoms with Crippen molar-refractivity contribution in [1.82, 2.24) is 20.0 Å². The minimum atomic E-state index is -1.27. The third-order valence-corrected chi connectivity index (χ3v) is 7.03. The molecule has 9 nitrogen and oxygen atoms in total. The van der Waals surface area contributed by atoms with Gasteiger partial charge in [-0.25, -0.2) is 18.4 Å². The highest BCUT2D eigenvalue weighted by Gasteiger charge is 2.47. The molecule has 3 aromatic rings. The van der Waals surface area contributed by atoms with E-state index in [0.717, 1.165) is 23.9 Å². The van der Waals surface area contributed by atoms with Gasteiger partial charge in [-0.05, 0) is 25.1 Å². The Bertz CT molecular complexity index is 1330. The van der Waals surface area contributed by atoms with Crippen molar-refractivity contribution in [2.75, 3.05) is 13.7 Å². The molecule has 1 saturated heterocycles. The number of halogens is 2. The van der Waals surface area contributed by atoms with Crippen LogP contribution in [-0.4, -0.2) is 67.7 Å². The van der Waals surface area contributed by atoms with Crippen molar-refractivity contribution in [3.63, 3.8) is 0 Å². The molecule has 4 rings (SSSR count). The molecule has 1 aliphatic heterocycles. The van der Waals surface area contributed by atoms with Crippen molar-refractivity contribution in [2.24, 2.45) is 0 Å². The van der Waals surface area contributed by atoms with Crippen LogP contribution >= 0.6 is 11.8 Å². The Hall–Kier alpha value is -3.39. The number of methoxy groups -OCH3 is 1. The maximum Gasteiger partial charge on any atom is 0.154 e. The van der Waals surface area contributed by atoms with E-state index in [4.69, 9.17) is 15.9 Å². The van der Waals surface area contributed by atoms with Crippen molar-refractivity contribution in [3.8, 4) is 29.7 Å². The molecule has 1 fully saturated rings. The maximum absolute atomic E-state index is 14.1. The van der Waals surface area contributed by atoms with Gasteiger partial charge < -0.3 is 19.7 Å². The number of ether oxygens (including phenoxy) is 2. The van der Waals surface area contributed by atoms with E-state index >= 15 is 0 Å². The van der Waals surface area contributed by atoms with E-state index in [1.165, 1.54) is 31.1 Å². The van der Waals surface area contributed by atoms with Crippen LogP contribution in [-0.2, 0) is 9.47 Å². The van der Waals surface area contributed by atoms with Gasteiger partial charge >= 0.3 is 0 Å². The number of terminal acetylenes is 1. The number of nitriles is 1. The molecule has 0 saturated carbocycles. The first-order valence-electron chi connectivity index (χ1n) is 10.7. The highest BCUT2D eigenvalue weighted by Crippen LogP contribution is 2.40. The molecule has 3 unspecified atom stereocenters. The van der Waals surface area contributed by atoms with Crippen LogP contribution in [0.5, 0.6) is 0 Å². The monoisotopic (exact) mass is 513 g/mol. The van der Waals surface area contributed by atoms with Crippen LogP contribution in [0.1, 0.15) is 22.9 Å². The fraction of sp³-hybridized carbons (Fsp3) is 0.333. The molecule has 0 radical (unpaired) electrons. The number of aliphatic hydroxyl groups is 2. The predicted octanol–water partition coefficient (Wildman–Crippen LogP) is 2.21. The normalized spacial score (nSPS) is 23.7. The summed E-state index contributed by atoms with van der Waals surface area (Å²) in [6, 6.07) is 4.98. The van der Waals surface area contributed by atoms with Gasteiger partial charge in [0.25, 0.3) is 0 Å². The van der Waals surface area contributed by atoms with Crippen LogP contribution in [0.2, 0.25) is 0 Å². The Kier molecular flexibility index (Phi) is 7.64. The van der Waals surface area contributed by atoms with Gasteiger partial charge in [0.05, 0.1) is 12.8 Å². The van der Waals surface area contributed by atoms with E-state index in [-0.39, 0.29) is 22.5 Å². The summed E-state index contributed by atoms with van der Waals surface area (Å²) >= 11 is 1.10.